The van der Waals surface area contributed by atoms with E-state index >= 15 is 0 Å². The fourth-order valence-corrected chi connectivity index (χ4v) is 3.27. The second kappa shape index (κ2) is 7.66. The molecule has 3 rings (SSSR count). The molecule has 2 aliphatic rings. The quantitative estimate of drug-likeness (QED) is 0.786. The third-order valence-corrected chi connectivity index (χ3v) is 5.08. The molecule has 0 radical (unpaired) electrons. The highest BCUT2D eigenvalue weighted by atomic mass is 16.2. The molecule has 2 fully saturated rings. The molecule has 6 nitrogen and oxygen atoms in total. The molecule has 1 aromatic carbocycles. The Morgan fingerprint density at radius 3 is 2.42 bits per heavy atom. The summed E-state index contributed by atoms with van der Waals surface area (Å²) >= 11 is 0. The lowest BCUT2D eigenvalue weighted by atomic mass is 9.87. The van der Waals surface area contributed by atoms with E-state index < -0.39 is 0 Å². The van der Waals surface area contributed by atoms with Crippen molar-refractivity contribution in [3.05, 3.63) is 30.3 Å². The van der Waals surface area contributed by atoms with E-state index in [2.05, 4.69) is 16.0 Å². The Morgan fingerprint density at radius 2 is 1.83 bits per heavy atom. The standard InChI is InChI=1S/C18H26N4O2/c1-13(14-11-19-12-14)17(23)22-9-7-16(8-10-22)21-18(24)20-15-5-3-2-4-6-15/h2-6,13-14,16,19H,7-12H2,1H3,(H2,20,21,24). The van der Waals surface area contributed by atoms with Crippen LogP contribution < -0.4 is 16.0 Å². The second-order valence-electron chi connectivity index (χ2n) is 6.77. The highest BCUT2D eigenvalue weighted by Crippen LogP contribution is 2.21. The van der Waals surface area contributed by atoms with Crippen LogP contribution in [0, 0.1) is 11.8 Å². The van der Waals surface area contributed by atoms with E-state index in [1.165, 1.54) is 0 Å². The van der Waals surface area contributed by atoms with Crippen LogP contribution in [0.1, 0.15) is 19.8 Å². The minimum atomic E-state index is -0.181. The number of nitrogens with one attached hydrogen (secondary N) is 3. The van der Waals surface area contributed by atoms with Gasteiger partial charge in [-0.2, -0.15) is 0 Å². The molecule has 3 amide bonds. The van der Waals surface area contributed by atoms with Gasteiger partial charge in [-0.3, -0.25) is 4.79 Å². The van der Waals surface area contributed by atoms with Gasteiger partial charge in [0.15, 0.2) is 0 Å². The van der Waals surface area contributed by atoms with Gasteiger partial charge in [0.2, 0.25) is 5.91 Å². The minimum absolute atomic E-state index is 0.0946. The van der Waals surface area contributed by atoms with Crippen LogP contribution in [0.25, 0.3) is 0 Å². The number of hydrogen-bond donors (Lipinski definition) is 3. The van der Waals surface area contributed by atoms with Crippen LogP contribution in [0.3, 0.4) is 0 Å². The molecule has 130 valence electrons. The van der Waals surface area contributed by atoms with Crippen molar-refractivity contribution in [2.75, 3.05) is 31.5 Å². The first kappa shape index (κ1) is 16.8. The van der Waals surface area contributed by atoms with Gasteiger partial charge in [0.05, 0.1) is 0 Å². The second-order valence-corrected chi connectivity index (χ2v) is 6.77. The number of amides is 3. The number of hydrogen-bond acceptors (Lipinski definition) is 3. The molecule has 0 aromatic heterocycles. The van der Waals surface area contributed by atoms with E-state index in [9.17, 15) is 9.59 Å². The molecule has 2 aliphatic heterocycles. The van der Waals surface area contributed by atoms with Crippen molar-refractivity contribution >= 4 is 17.6 Å². The average molecular weight is 330 g/mol. The number of carbonyl (C=O) groups excluding carboxylic acids is 2. The number of piperidine rings is 1. The average Bonchev–Trinajstić information content (AvgIpc) is 2.54. The Kier molecular flexibility index (Phi) is 5.35. The van der Waals surface area contributed by atoms with Crippen LogP contribution in [0.15, 0.2) is 30.3 Å². The number of anilines is 1. The normalized spacial score (nSPS) is 20.1. The Bertz CT molecular complexity index is 566. The van der Waals surface area contributed by atoms with Crippen molar-refractivity contribution in [2.45, 2.75) is 25.8 Å². The summed E-state index contributed by atoms with van der Waals surface area (Å²) in [6, 6.07) is 9.35. The van der Waals surface area contributed by atoms with Gasteiger partial charge >= 0.3 is 6.03 Å². The van der Waals surface area contributed by atoms with Crippen LogP contribution in [0.4, 0.5) is 10.5 Å². The molecule has 1 atom stereocenters. The fraction of sp³-hybridized carbons (Fsp3) is 0.556. The number of nitrogens with zero attached hydrogens (tertiary/aromatic N) is 1. The summed E-state index contributed by atoms with van der Waals surface area (Å²) < 4.78 is 0. The van der Waals surface area contributed by atoms with Crippen molar-refractivity contribution in [3.8, 4) is 0 Å². The van der Waals surface area contributed by atoms with E-state index in [4.69, 9.17) is 0 Å². The maximum atomic E-state index is 12.5. The number of carbonyl (C=O) groups is 2. The lowest BCUT2D eigenvalue weighted by molar-refractivity contribution is -0.138. The Morgan fingerprint density at radius 1 is 1.17 bits per heavy atom. The van der Waals surface area contributed by atoms with Gasteiger partial charge in [-0.25, -0.2) is 4.79 Å². The number of likely N-dealkylation sites (tertiary alicyclic amines) is 1. The van der Waals surface area contributed by atoms with E-state index in [0.717, 1.165) is 44.7 Å². The molecule has 0 bridgehead atoms. The van der Waals surface area contributed by atoms with Crippen molar-refractivity contribution in [3.63, 3.8) is 0 Å². The van der Waals surface area contributed by atoms with Crippen LogP contribution in [-0.2, 0) is 4.79 Å². The van der Waals surface area contributed by atoms with Gasteiger partial charge in [-0.05, 0) is 44.0 Å². The zero-order valence-corrected chi connectivity index (χ0v) is 14.1. The molecular formula is C18H26N4O2. The SMILES string of the molecule is CC(C(=O)N1CCC(NC(=O)Nc2ccccc2)CC1)C1CNC1. The third-order valence-electron chi connectivity index (χ3n) is 5.08. The summed E-state index contributed by atoms with van der Waals surface area (Å²) in [5.41, 5.74) is 0.783. The van der Waals surface area contributed by atoms with E-state index in [1.54, 1.807) is 0 Å². The van der Waals surface area contributed by atoms with Crippen molar-refractivity contribution in [1.29, 1.82) is 0 Å². The van der Waals surface area contributed by atoms with E-state index in [-0.39, 0.29) is 23.9 Å². The molecule has 24 heavy (non-hydrogen) atoms. The summed E-state index contributed by atoms with van der Waals surface area (Å²) in [6.07, 6.45) is 1.62. The topological polar surface area (TPSA) is 73.5 Å². The van der Waals surface area contributed by atoms with Gasteiger partial charge in [-0.1, -0.05) is 25.1 Å². The molecule has 0 spiro atoms. The largest absolute Gasteiger partial charge is 0.342 e. The molecule has 1 unspecified atom stereocenters. The first-order valence-electron chi connectivity index (χ1n) is 8.75. The smallest absolute Gasteiger partial charge is 0.319 e. The van der Waals surface area contributed by atoms with Crippen LogP contribution in [0.5, 0.6) is 0 Å². The summed E-state index contributed by atoms with van der Waals surface area (Å²) in [5, 5.41) is 9.06. The first-order chi connectivity index (χ1) is 11.6. The highest BCUT2D eigenvalue weighted by Gasteiger charge is 2.33. The van der Waals surface area contributed by atoms with Crippen LogP contribution in [0.2, 0.25) is 0 Å². The van der Waals surface area contributed by atoms with Crippen LogP contribution in [-0.4, -0.2) is 49.1 Å². The zero-order valence-electron chi connectivity index (χ0n) is 14.1. The Labute approximate surface area is 143 Å². The zero-order chi connectivity index (χ0) is 16.9. The maximum absolute atomic E-state index is 12.5. The molecule has 3 N–H and O–H groups in total. The van der Waals surface area contributed by atoms with Gasteiger partial charge in [0.1, 0.15) is 0 Å². The van der Waals surface area contributed by atoms with Crippen molar-refractivity contribution < 1.29 is 9.59 Å². The summed E-state index contributed by atoms with van der Waals surface area (Å²) in [5.74, 6) is 0.829. The lowest BCUT2D eigenvalue weighted by Crippen LogP contribution is -2.53. The highest BCUT2D eigenvalue weighted by molar-refractivity contribution is 5.89. The monoisotopic (exact) mass is 330 g/mol. The molecule has 0 saturated carbocycles. The van der Waals surface area contributed by atoms with E-state index in [1.807, 2.05) is 42.2 Å². The summed E-state index contributed by atoms with van der Waals surface area (Å²) in [6.45, 7) is 5.37. The minimum Gasteiger partial charge on any atom is -0.342 e. The van der Waals surface area contributed by atoms with Gasteiger partial charge < -0.3 is 20.9 Å². The van der Waals surface area contributed by atoms with Crippen molar-refractivity contribution in [1.82, 2.24) is 15.5 Å². The number of urea groups is 1. The van der Waals surface area contributed by atoms with Crippen molar-refractivity contribution in [2.24, 2.45) is 11.8 Å². The van der Waals surface area contributed by atoms with Gasteiger partial charge in [-0.15, -0.1) is 0 Å². The van der Waals surface area contributed by atoms with Gasteiger partial charge in [0.25, 0.3) is 0 Å². The molecule has 6 heteroatoms. The predicted octanol–water partition coefficient (Wildman–Crippen LogP) is 1.65. The molecule has 2 saturated heterocycles. The number of para-hydroxylation sites is 1. The molecule has 0 aliphatic carbocycles. The summed E-state index contributed by atoms with van der Waals surface area (Å²) in [4.78, 5) is 26.5. The Hall–Kier alpha value is -2.08. The first-order valence-corrected chi connectivity index (χ1v) is 8.75. The molecule has 1 aromatic rings. The van der Waals surface area contributed by atoms with Crippen LogP contribution >= 0.6 is 0 Å². The maximum Gasteiger partial charge on any atom is 0.319 e. The fourth-order valence-electron chi connectivity index (χ4n) is 3.27. The predicted molar refractivity (Wildman–Crippen MR) is 93.7 cm³/mol. The number of rotatable bonds is 4. The van der Waals surface area contributed by atoms with Gasteiger partial charge in [0, 0.05) is 30.7 Å². The third kappa shape index (κ3) is 4.06. The molecule has 2 heterocycles. The Balaban J connectivity index is 1.41. The van der Waals surface area contributed by atoms with E-state index in [0.29, 0.717) is 5.92 Å². The lowest BCUT2D eigenvalue weighted by Gasteiger charge is -2.38. The number of benzene rings is 1. The molecular weight excluding hydrogens is 304 g/mol. The summed E-state index contributed by atoms with van der Waals surface area (Å²) in [7, 11) is 0.